The van der Waals surface area contributed by atoms with Gasteiger partial charge in [0.25, 0.3) is 0 Å². The highest BCUT2D eigenvalue weighted by Gasteiger charge is 2.41. The van der Waals surface area contributed by atoms with Crippen LogP contribution in [0.1, 0.15) is 65.5 Å². The van der Waals surface area contributed by atoms with Gasteiger partial charge in [0.05, 0.1) is 0 Å². The van der Waals surface area contributed by atoms with Gasteiger partial charge in [0, 0.05) is 13.1 Å². The van der Waals surface area contributed by atoms with Gasteiger partial charge in [-0.1, -0.05) is 45.0 Å². The Morgan fingerprint density at radius 2 is 1.78 bits per heavy atom. The molecule has 0 aliphatic carbocycles. The van der Waals surface area contributed by atoms with Gasteiger partial charge in [0.1, 0.15) is 11.6 Å². The van der Waals surface area contributed by atoms with Crippen LogP contribution in [0.25, 0.3) is 0 Å². The first-order valence-corrected chi connectivity index (χ1v) is 9.86. The molecule has 5 heteroatoms. The number of amides is 2. The number of likely N-dealkylation sites (tertiary alicyclic amines) is 1. The van der Waals surface area contributed by atoms with Crippen molar-refractivity contribution in [2.75, 3.05) is 6.54 Å². The Hall–Kier alpha value is -2.04. The highest BCUT2D eigenvalue weighted by molar-refractivity contribution is 5.86. The third-order valence-electron chi connectivity index (χ3n) is 4.98. The molecule has 1 fully saturated rings. The van der Waals surface area contributed by atoms with E-state index in [1.807, 2.05) is 32.9 Å². The van der Waals surface area contributed by atoms with Crippen molar-refractivity contribution in [3.8, 4) is 0 Å². The molecule has 1 N–H and O–H groups in total. The van der Waals surface area contributed by atoms with Crippen molar-refractivity contribution < 1.29 is 14.3 Å². The second-order valence-electron chi connectivity index (χ2n) is 9.20. The Kier molecular flexibility index (Phi) is 6.55. The molecule has 1 aliphatic rings. The van der Waals surface area contributed by atoms with E-state index in [0.717, 1.165) is 18.4 Å². The number of nitrogens with one attached hydrogen (secondary N) is 1. The second kappa shape index (κ2) is 8.32. The van der Waals surface area contributed by atoms with E-state index < -0.39 is 17.7 Å². The molecule has 1 heterocycles. The van der Waals surface area contributed by atoms with Crippen LogP contribution in [0.4, 0.5) is 4.79 Å². The Balaban J connectivity index is 2.06. The van der Waals surface area contributed by atoms with Crippen molar-refractivity contribution in [3.63, 3.8) is 0 Å². The van der Waals surface area contributed by atoms with Crippen LogP contribution in [0.2, 0.25) is 0 Å². The molecule has 1 aliphatic heterocycles. The lowest BCUT2D eigenvalue weighted by atomic mass is 9.78. The predicted octanol–water partition coefficient (Wildman–Crippen LogP) is 4.29. The van der Waals surface area contributed by atoms with Crippen LogP contribution in [0, 0.1) is 5.41 Å². The number of benzene rings is 1. The number of piperidine rings is 1. The summed E-state index contributed by atoms with van der Waals surface area (Å²) in [7, 11) is 0. The minimum absolute atomic E-state index is 0.0172. The summed E-state index contributed by atoms with van der Waals surface area (Å²) in [6, 6.07) is 7.74. The normalized spacial score (nSPS) is 19.5. The summed E-state index contributed by atoms with van der Waals surface area (Å²) >= 11 is 0. The maximum absolute atomic E-state index is 12.9. The Bertz CT molecular complexity index is 659. The van der Waals surface area contributed by atoms with Crippen molar-refractivity contribution in [2.45, 2.75) is 79.0 Å². The van der Waals surface area contributed by atoms with Crippen molar-refractivity contribution >= 4 is 12.0 Å². The zero-order chi connectivity index (χ0) is 20.2. The van der Waals surface area contributed by atoms with Crippen LogP contribution in [-0.2, 0) is 22.5 Å². The SMILES string of the molecule is CCc1ccc(CNC(=O)C2CC(C)(C)CCN2C(=O)OC(C)(C)C)cc1. The lowest BCUT2D eigenvalue weighted by Crippen LogP contribution is -2.56. The van der Waals surface area contributed by atoms with Crippen LogP contribution in [-0.4, -0.2) is 35.1 Å². The monoisotopic (exact) mass is 374 g/mol. The standard InChI is InChI=1S/C22H34N2O3/c1-7-16-8-10-17(11-9-16)15-23-19(25)18-14-22(5,6)12-13-24(18)20(26)27-21(2,3)4/h8-11,18H,7,12-15H2,1-6H3,(H,23,25). The van der Waals surface area contributed by atoms with Crippen LogP contribution >= 0.6 is 0 Å². The molecule has 0 aromatic heterocycles. The van der Waals surface area contributed by atoms with E-state index in [0.29, 0.717) is 19.5 Å². The molecule has 5 nitrogen and oxygen atoms in total. The summed E-state index contributed by atoms with van der Waals surface area (Å²) in [6.45, 7) is 12.9. The Morgan fingerprint density at radius 1 is 1.19 bits per heavy atom. The van der Waals surface area contributed by atoms with Crippen molar-refractivity contribution in [1.82, 2.24) is 10.2 Å². The van der Waals surface area contributed by atoms with E-state index in [9.17, 15) is 9.59 Å². The van der Waals surface area contributed by atoms with Crippen LogP contribution < -0.4 is 5.32 Å². The minimum Gasteiger partial charge on any atom is -0.444 e. The number of aryl methyl sites for hydroxylation is 1. The van der Waals surface area contributed by atoms with Gasteiger partial charge in [-0.25, -0.2) is 4.79 Å². The maximum Gasteiger partial charge on any atom is 0.410 e. The number of hydrogen-bond donors (Lipinski definition) is 1. The Morgan fingerprint density at radius 3 is 2.33 bits per heavy atom. The molecular formula is C22H34N2O3. The molecule has 0 radical (unpaired) electrons. The van der Waals surface area contributed by atoms with Crippen LogP contribution in [0.15, 0.2) is 24.3 Å². The zero-order valence-corrected chi connectivity index (χ0v) is 17.6. The van der Waals surface area contributed by atoms with E-state index in [4.69, 9.17) is 4.74 Å². The fourth-order valence-electron chi connectivity index (χ4n) is 3.29. The van der Waals surface area contributed by atoms with E-state index >= 15 is 0 Å². The maximum atomic E-state index is 12.9. The largest absolute Gasteiger partial charge is 0.444 e. The second-order valence-corrected chi connectivity index (χ2v) is 9.20. The van der Waals surface area contributed by atoms with Gasteiger partial charge < -0.3 is 10.1 Å². The molecule has 1 aromatic rings. The van der Waals surface area contributed by atoms with Gasteiger partial charge in [-0.05, 0) is 56.6 Å². The van der Waals surface area contributed by atoms with Gasteiger partial charge in [-0.15, -0.1) is 0 Å². The molecule has 2 amide bonds. The number of nitrogens with zero attached hydrogens (tertiary/aromatic N) is 1. The van der Waals surface area contributed by atoms with E-state index in [-0.39, 0.29) is 11.3 Å². The average Bonchev–Trinajstić information content (AvgIpc) is 2.57. The average molecular weight is 375 g/mol. The molecular weight excluding hydrogens is 340 g/mol. The molecule has 1 saturated heterocycles. The molecule has 150 valence electrons. The van der Waals surface area contributed by atoms with Crippen LogP contribution in [0.3, 0.4) is 0 Å². The summed E-state index contributed by atoms with van der Waals surface area (Å²) < 4.78 is 5.52. The predicted molar refractivity (Wildman–Crippen MR) is 107 cm³/mol. The summed E-state index contributed by atoms with van der Waals surface area (Å²) in [5, 5.41) is 3.00. The highest BCUT2D eigenvalue weighted by atomic mass is 16.6. The quantitative estimate of drug-likeness (QED) is 0.855. The van der Waals surface area contributed by atoms with Gasteiger partial charge in [-0.2, -0.15) is 0 Å². The molecule has 0 spiro atoms. The molecule has 1 unspecified atom stereocenters. The summed E-state index contributed by atoms with van der Waals surface area (Å²) in [4.78, 5) is 27.1. The van der Waals surface area contributed by atoms with Crippen LogP contribution in [0.5, 0.6) is 0 Å². The molecule has 1 atom stereocenters. The van der Waals surface area contributed by atoms with Gasteiger partial charge >= 0.3 is 6.09 Å². The lowest BCUT2D eigenvalue weighted by Gasteiger charge is -2.42. The zero-order valence-electron chi connectivity index (χ0n) is 17.6. The fourth-order valence-corrected chi connectivity index (χ4v) is 3.29. The first kappa shape index (κ1) is 21.3. The lowest BCUT2D eigenvalue weighted by molar-refractivity contribution is -0.129. The number of carbonyl (C=O) groups excluding carboxylic acids is 2. The van der Waals surface area contributed by atoms with Gasteiger partial charge in [0.2, 0.25) is 5.91 Å². The third kappa shape index (κ3) is 6.26. The molecule has 1 aromatic carbocycles. The molecule has 0 bridgehead atoms. The van der Waals surface area contributed by atoms with E-state index in [2.05, 4.69) is 38.2 Å². The number of carbonyl (C=O) groups is 2. The molecule has 27 heavy (non-hydrogen) atoms. The van der Waals surface area contributed by atoms with Crippen molar-refractivity contribution in [3.05, 3.63) is 35.4 Å². The fraction of sp³-hybridized carbons (Fsp3) is 0.636. The van der Waals surface area contributed by atoms with E-state index in [1.54, 1.807) is 4.90 Å². The number of ether oxygens (including phenoxy) is 1. The van der Waals surface area contributed by atoms with Crippen molar-refractivity contribution in [2.24, 2.45) is 5.41 Å². The van der Waals surface area contributed by atoms with Crippen molar-refractivity contribution in [1.29, 1.82) is 0 Å². The topological polar surface area (TPSA) is 58.6 Å². The van der Waals surface area contributed by atoms with Gasteiger partial charge in [0.15, 0.2) is 0 Å². The molecule has 2 rings (SSSR count). The Labute approximate surface area is 163 Å². The summed E-state index contributed by atoms with van der Waals surface area (Å²) in [6.07, 6.45) is 2.07. The van der Waals surface area contributed by atoms with E-state index in [1.165, 1.54) is 5.56 Å². The van der Waals surface area contributed by atoms with Gasteiger partial charge in [-0.3, -0.25) is 9.69 Å². The molecule has 0 saturated carbocycles. The first-order valence-electron chi connectivity index (χ1n) is 9.86. The third-order valence-corrected chi connectivity index (χ3v) is 4.98. The summed E-state index contributed by atoms with van der Waals surface area (Å²) in [5.41, 5.74) is 1.77. The smallest absolute Gasteiger partial charge is 0.410 e. The number of rotatable bonds is 4. The summed E-state index contributed by atoms with van der Waals surface area (Å²) in [5.74, 6) is -0.117. The highest BCUT2D eigenvalue weighted by Crippen LogP contribution is 2.34. The first-order chi connectivity index (χ1) is 12.5. The minimum atomic E-state index is -0.577. The number of hydrogen-bond acceptors (Lipinski definition) is 3.